The van der Waals surface area contributed by atoms with E-state index in [1.54, 1.807) is 6.07 Å². The average molecular weight is 232 g/mol. The summed E-state index contributed by atoms with van der Waals surface area (Å²) >= 11 is 6.08. The molecule has 0 bridgehead atoms. The Balaban J connectivity index is 2.11. The van der Waals surface area contributed by atoms with Crippen molar-refractivity contribution in [3.63, 3.8) is 0 Å². The monoisotopic (exact) mass is 231 g/mol. The minimum absolute atomic E-state index is 0.285. The van der Waals surface area contributed by atoms with Gasteiger partial charge in [0.1, 0.15) is 0 Å². The number of ether oxygens (including phenoxy) is 2. The maximum atomic E-state index is 6.08. The van der Waals surface area contributed by atoms with E-state index in [0.29, 0.717) is 5.02 Å². The molecule has 3 rings (SSSR count). The first kappa shape index (κ1) is 9.55. The standard InChI is InChI=1S/C13H8ClO2/c14-11-4-2-1-3-10(11)9-5-6-12-13(7-9)16-8-15-12/h1-3,5-7H,8H2. The molecule has 2 nitrogen and oxygen atoms in total. The zero-order chi connectivity index (χ0) is 11.0. The van der Waals surface area contributed by atoms with Crippen molar-refractivity contribution in [3.8, 4) is 22.6 Å². The minimum atomic E-state index is 0.285. The van der Waals surface area contributed by atoms with Gasteiger partial charge in [-0.05, 0) is 17.7 Å². The molecule has 2 aromatic rings. The first-order chi connectivity index (χ1) is 7.84. The van der Waals surface area contributed by atoms with Gasteiger partial charge in [0, 0.05) is 11.6 Å². The fraction of sp³-hybridized carbons (Fsp3) is 0.0769. The van der Waals surface area contributed by atoms with Crippen molar-refractivity contribution in [2.45, 2.75) is 0 Å². The Bertz CT molecular complexity index is 537. The van der Waals surface area contributed by atoms with Crippen LogP contribution in [0.2, 0.25) is 5.02 Å². The van der Waals surface area contributed by atoms with E-state index in [1.807, 2.05) is 30.3 Å². The van der Waals surface area contributed by atoms with Crippen molar-refractivity contribution < 1.29 is 9.47 Å². The van der Waals surface area contributed by atoms with Crippen molar-refractivity contribution in [2.75, 3.05) is 6.79 Å². The van der Waals surface area contributed by atoms with Crippen LogP contribution in [0.25, 0.3) is 11.1 Å². The van der Waals surface area contributed by atoms with Crippen LogP contribution in [0.1, 0.15) is 0 Å². The fourth-order valence-corrected chi connectivity index (χ4v) is 1.94. The third-order valence-electron chi connectivity index (χ3n) is 2.49. The summed E-state index contributed by atoms with van der Waals surface area (Å²) in [6.45, 7) is 0.285. The largest absolute Gasteiger partial charge is 0.454 e. The van der Waals surface area contributed by atoms with E-state index in [0.717, 1.165) is 22.6 Å². The Morgan fingerprint density at radius 2 is 2.00 bits per heavy atom. The van der Waals surface area contributed by atoms with Gasteiger partial charge < -0.3 is 9.47 Å². The Morgan fingerprint density at radius 1 is 1.12 bits per heavy atom. The second-order valence-corrected chi connectivity index (χ2v) is 3.84. The molecular weight excluding hydrogens is 224 g/mol. The Hall–Kier alpha value is -1.67. The summed E-state index contributed by atoms with van der Waals surface area (Å²) in [6, 6.07) is 14.4. The van der Waals surface area contributed by atoms with E-state index in [2.05, 4.69) is 6.07 Å². The molecule has 2 aromatic carbocycles. The smallest absolute Gasteiger partial charge is 0.231 e. The molecule has 1 aliphatic rings. The van der Waals surface area contributed by atoms with Crippen LogP contribution in [-0.4, -0.2) is 6.79 Å². The van der Waals surface area contributed by atoms with Gasteiger partial charge in [-0.15, -0.1) is 0 Å². The fourth-order valence-electron chi connectivity index (χ4n) is 1.70. The second kappa shape index (κ2) is 3.72. The van der Waals surface area contributed by atoms with Gasteiger partial charge in [-0.25, -0.2) is 0 Å². The highest BCUT2D eigenvalue weighted by atomic mass is 35.5. The molecule has 16 heavy (non-hydrogen) atoms. The Labute approximate surface area is 98.4 Å². The highest BCUT2D eigenvalue weighted by Crippen LogP contribution is 2.37. The lowest BCUT2D eigenvalue weighted by atomic mass is 10.1. The number of rotatable bonds is 1. The van der Waals surface area contributed by atoms with E-state index in [9.17, 15) is 0 Å². The molecule has 0 saturated heterocycles. The first-order valence-electron chi connectivity index (χ1n) is 4.91. The van der Waals surface area contributed by atoms with E-state index < -0.39 is 0 Å². The number of hydrogen-bond acceptors (Lipinski definition) is 2. The molecule has 0 N–H and O–H groups in total. The summed E-state index contributed by atoms with van der Waals surface area (Å²) in [7, 11) is 0. The summed E-state index contributed by atoms with van der Waals surface area (Å²) in [5, 5.41) is 0.612. The highest BCUT2D eigenvalue weighted by molar-refractivity contribution is 6.33. The normalized spacial score (nSPS) is 12.8. The number of fused-ring (bicyclic) bond motifs is 1. The van der Waals surface area contributed by atoms with Gasteiger partial charge in [0.15, 0.2) is 11.5 Å². The zero-order valence-electron chi connectivity index (χ0n) is 8.37. The van der Waals surface area contributed by atoms with Crippen molar-refractivity contribution >= 4 is 11.6 Å². The second-order valence-electron chi connectivity index (χ2n) is 3.47. The van der Waals surface area contributed by atoms with Crippen LogP contribution in [0.5, 0.6) is 11.5 Å². The minimum Gasteiger partial charge on any atom is -0.454 e. The van der Waals surface area contributed by atoms with E-state index >= 15 is 0 Å². The number of benzene rings is 2. The molecule has 1 heterocycles. The van der Waals surface area contributed by atoms with Crippen LogP contribution in [-0.2, 0) is 0 Å². The molecule has 79 valence electrons. The molecule has 0 atom stereocenters. The van der Waals surface area contributed by atoms with Crippen molar-refractivity contribution in [3.05, 3.63) is 47.5 Å². The summed E-state index contributed by atoms with van der Waals surface area (Å²) in [4.78, 5) is 0. The lowest BCUT2D eigenvalue weighted by molar-refractivity contribution is 0.174. The maximum absolute atomic E-state index is 6.08. The molecule has 3 heteroatoms. The maximum Gasteiger partial charge on any atom is 0.231 e. The first-order valence-corrected chi connectivity index (χ1v) is 5.28. The molecule has 0 spiro atoms. The van der Waals surface area contributed by atoms with Gasteiger partial charge in [0.05, 0.1) is 5.02 Å². The van der Waals surface area contributed by atoms with Crippen LogP contribution in [0.15, 0.2) is 36.4 Å². The third-order valence-corrected chi connectivity index (χ3v) is 2.80. The summed E-state index contributed by atoms with van der Waals surface area (Å²) in [6.07, 6.45) is 0. The quantitative estimate of drug-likeness (QED) is 0.748. The topological polar surface area (TPSA) is 18.5 Å². The van der Waals surface area contributed by atoms with Gasteiger partial charge in [0.25, 0.3) is 0 Å². The lowest BCUT2D eigenvalue weighted by Crippen LogP contribution is -1.92. The van der Waals surface area contributed by atoms with Gasteiger partial charge in [-0.2, -0.15) is 0 Å². The van der Waals surface area contributed by atoms with Crippen LogP contribution >= 0.6 is 11.6 Å². The van der Waals surface area contributed by atoms with Crippen molar-refractivity contribution in [1.29, 1.82) is 0 Å². The Morgan fingerprint density at radius 3 is 2.88 bits per heavy atom. The van der Waals surface area contributed by atoms with Crippen LogP contribution < -0.4 is 9.47 Å². The SMILES string of the molecule is Clc1[c]cccc1-c1ccc2c(c1)OCO2. The summed E-state index contributed by atoms with van der Waals surface area (Å²) < 4.78 is 10.6. The van der Waals surface area contributed by atoms with Crippen LogP contribution in [0, 0.1) is 6.07 Å². The zero-order valence-corrected chi connectivity index (χ0v) is 9.12. The van der Waals surface area contributed by atoms with Gasteiger partial charge in [0.2, 0.25) is 6.79 Å². The van der Waals surface area contributed by atoms with Gasteiger partial charge in [-0.3, -0.25) is 0 Å². The number of hydrogen-bond donors (Lipinski definition) is 0. The predicted octanol–water partition coefficient (Wildman–Crippen LogP) is 3.54. The molecule has 1 aliphatic heterocycles. The number of halogens is 1. The van der Waals surface area contributed by atoms with E-state index in [1.165, 1.54) is 0 Å². The molecule has 0 aliphatic carbocycles. The average Bonchev–Trinajstić information content (AvgIpc) is 2.76. The lowest BCUT2D eigenvalue weighted by Gasteiger charge is -2.04. The Kier molecular flexibility index (Phi) is 2.22. The molecule has 1 radical (unpaired) electrons. The summed E-state index contributed by atoms with van der Waals surface area (Å²) in [5.74, 6) is 1.54. The van der Waals surface area contributed by atoms with E-state index in [-0.39, 0.29) is 6.79 Å². The summed E-state index contributed by atoms with van der Waals surface area (Å²) in [5.41, 5.74) is 1.95. The van der Waals surface area contributed by atoms with Gasteiger partial charge >= 0.3 is 0 Å². The molecule has 0 aromatic heterocycles. The van der Waals surface area contributed by atoms with Crippen LogP contribution in [0.4, 0.5) is 0 Å². The highest BCUT2D eigenvalue weighted by Gasteiger charge is 2.14. The van der Waals surface area contributed by atoms with Gasteiger partial charge in [-0.1, -0.05) is 35.9 Å². The molecule has 0 saturated carbocycles. The van der Waals surface area contributed by atoms with E-state index in [4.69, 9.17) is 21.1 Å². The third kappa shape index (κ3) is 1.51. The molecular formula is C13H8ClO2. The molecule has 0 amide bonds. The molecule has 0 fully saturated rings. The predicted molar refractivity (Wildman–Crippen MR) is 61.8 cm³/mol. The van der Waals surface area contributed by atoms with Crippen molar-refractivity contribution in [2.24, 2.45) is 0 Å². The van der Waals surface area contributed by atoms with Crippen LogP contribution in [0.3, 0.4) is 0 Å². The van der Waals surface area contributed by atoms with Crippen molar-refractivity contribution in [1.82, 2.24) is 0 Å². The molecule has 0 unspecified atom stereocenters.